The highest BCUT2D eigenvalue weighted by molar-refractivity contribution is 7.99. The monoisotopic (exact) mass is 458 g/mol. The summed E-state index contributed by atoms with van der Waals surface area (Å²) in [5, 5.41) is 12.0. The number of nitrogens with zero attached hydrogens (tertiary/aromatic N) is 3. The molecule has 1 saturated heterocycles. The number of piperidine rings is 1. The molecule has 1 aliphatic heterocycles. The summed E-state index contributed by atoms with van der Waals surface area (Å²) in [6.07, 6.45) is 3.48. The van der Waals surface area contributed by atoms with E-state index < -0.39 is 0 Å². The van der Waals surface area contributed by atoms with Crippen LogP contribution in [0.2, 0.25) is 5.02 Å². The summed E-state index contributed by atoms with van der Waals surface area (Å²) in [6.45, 7) is 1.88. The minimum atomic E-state index is -0.158. The van der Waals surface area contributed by atoms with Gasteiger partial charge in [0.1, 0.15) is 5.75 Å². The lowest BCUT2D eigenvalue weighted by Crippen LogP contribution is -2.30. The number of thioether (sulfide) groups is 1. The first-order valence-electron chi connectivity index (χ1n) is 10.1. The third kappa shape index (κ3) is 5.32. The molecule has 1 N–H and O–H groups in total. The predicted molar refractivity (Wildman–Crippen MR) is 123 cm³/mol. The van der Waals surface area contributed by atoms with Gasteiger partial charge in [0.2, 0.25) is 11.8 Å². The molecule has 0 saturated carbocycles. The lowest BCUT2D eigenvalue weighted by molar-refractivity contribution is -0.113. The molecule has 0 aliphatic carbocycles. The molecule has 1 aliphatic rings. The zero-order valence-electron chi connectivity index (χ0n) is 17.1. The van der Waals surface area contributed by atoms with Gasteiger partial charge in [0.15, 0.2) is 0 Å². The van der Waals surface area contributed by atoms with Crippen LogP contribution >= 0.6 is 23.4 Å². The third-order valence-electron chi connectivity index (χ3n) is 5.00. The zero-order chi connectivity index (χ0) is 21.6. The summed E-state index contributed by atoms with van der Waals surface area (Å²) >= 11 is 7.65. The average molecular weight is 459 g/mol. The molecule has 4 rings (SSSR count). The molecule has 7 nitrogen and oxygen atoms in total. The number of carbonyl (C=O) groups excluding carboxylic acids is 1. The second kappa shape index (κ2) is 10.1. The van der Waals surface area contributed by atoms with Gasteiger partial charge in [-0.05, 0) is 55.7 Å². The van der Waals surface area contributed by atoms with Gasteiger partial charge in [-0.2, -0.15) is 0 Å². The van der Waals surface area contributed by atoms with Gasteiger partial charge in [0, 0.05) is 18.7 Å². The van der Waals surface area contributed by atoms with Crippen molar-refractivity contribution < 1.29 is 13.9 Å². The maximum Gasteiger partial charge on any atom is 0.277 e. The summed E-state index contributed by atoms with van der Waals surface area (Å²) in [5.41, 5.74) is 2.40. The fourth-order valence-electron chi connectivity index (χ4n) is 3.49. The number of amides is 1. The van der Waals surface area contributed by atoms with Crippen LogP contribution in [0.3, 0.4) is 0 Å². The van der Waals surface area contributed by atoms with Crippen LogP contribution in [-0.4, -0.2) is 42.1 Å². The van der Waals surface area contributed by atoms with Crippen molar-refractivity contribution in [2.75, 3.05) is 36.2 Å². The second-order valence-corrected chi connectivity index (χ2v) is 8.46. The molecule has 3 aromatic rings. The molecule has 0 bridgehead atoms. The summed E-state index contributed by atoms with van der Waals surface area (Å²) in [6, 6.07) is 12.9. The van der Waals surface area contributed by atoms with Crippen molar-refractivity contribution in [1.29, 1.82) is 0 Å². The minimum absolute atomic E-state index is 0.149. The molecule has 9 heteroatoms. The van der Waals surface area contributed by atoms with Gasteiger partial charge in [-0.25, -0.2) is 0 Å². The normalized spacial score (nSPS) is 13.8. The van der Waals surface area contributed by atoms with E-state index in [0.29, 0.717) is 16.1 Å². The molecule has 0 radical (unpaired) electrons. The highest BCUT2D eigenvalue weighted by atomic mass is 35.5. The Morgan fingerprint density at radius 2 is 1.94 bits per heavy atom. The van der Waals surface area contributed by atoms with Gasteiger partial charge in [0.25, 0.3) is 5.22 Å². The van der Waals surface area contributed by atoms with Crippen LogP contribution in [-0.2, 0) is 4.79 Å². The lowest BCUT2D eigenvalue weighted by atomic mass is 10.1. The molecule has 2 aromatic carbocycles. The molecule has 1 aromatic heterocycles. The number of benzene rings is 2. The van der Waals surface area contributed by atoms with Crippen LogP contribution < -0.4 is 15.0 Å². The Bertz CT molecular complexity index is 1040. The van der Waals surface area contributed by atoms with Crippen LogP contribution in [0.25, 0.3) is 11.5 Å². The topological polar surface area (TPSA) is 80.5 Å². The number of rotatable bonds is 7. The van der Waals surface area contributed by atoms with Crippen LogP contribution in [0.5, 0.6) is 5.75 Å². The summed E-state index contributed by atoms with van der Waals surface area (Å²) in [5.74, 6) is 1.14. The first-order valence-corrected chi connectivity index (χ1v) is 11.4. The first kappa shape index (κ1) is 21.5. The fourth-order valence-corrected chi connectivity index (χ4v) is 4.34. The third-order valence-corrected chi connectivity index (χ3v) is 6.13. The molecule has 31 heavy (non-hydrogen) atoms. The van der Waals surface area contributed by atoms with Gasteiger partial charge in [-0.1, -0.05) is 29.4 Å². The molecule has 1 fully saturated rings. The van der Waals surface area contributed by atoms with E-state index in [0.717, 1.165) is 48.6 Å². The number of methoxy groups -OCH3 is 1. The number of anilines is 2. The summed E-state index contributed by atoms with van der Waals surface area (Å²) < 4.78 is 10.8. The Labute approximate surface area is 190 Å². The van der Waals surface area contributed by atoms with Crippen molar-refractivity contribution in [2.24, 2.45) is 0 Å². The average Bonchev–Trinajstić information content (AvgIpc) is 3.28. The van der Waals surface area contributed by atoms with Crippen molar-refractivity contribution in [2.45, 2.75) is 24.5 Å². The Morgan fingerprint density at radius 1 is 1.16 bits per heavy atom. The quantitative estimate of drug-likeness (QED) is 0.492. The minimum Gasteiger partial charge on any atom is -0.497 e. The van der Waals surface area contributed by atoms with E-state index in [1.807, 2.05) is 42.5 Å². The maximum atomic E-state index is 12.6. The highest BCUT2D eigenvalue weighted by Crippen LogP contribution is 2.35. The van der Waals surface area contributed by atoms with Gasteiger partial charge in [-0.15, -0.1) is 10.2 Å². The Morgan fingerprint density at radius 3 is 2.68 bits per heavy atom. The smallest absolute Gasteiger partial charge is 0.277 e. The number of hydrogen-bond donors (Lipinski definition) is 1. The Hall–Kier alpha value is -2.71. The highest BCUT2D eigenvalue weighted by Gasteiger charge is 2.19. The number of hydrogen-bond acceptors (Lipinski definition) is 7. The number of carbonyl (C=O) groups is 1. The van der Waals surface area contributed by atoms with Crippen molar-refractivity contribution in [3.05, 3.63) is 47.5 Å². The van der Waals surface area contributed by atoms with E-state index in [4.69, 9.17) is 20.8 Å². The molecular formula is C22H23ClN4O3S. The van der Waals surface area contributed by atoms with Crippen molar-refractivity contribution in [1.82, 2.24) is 10.2 Å². The molecule has 2 heterocycles. The van der Waals surface area contributed by atoms with E-state index in [1.54, 1.807) is 7.11 Å². The molecule has 1 amide bonds. The second-order valence-electron chi connectivity index (χ2n) is 7.12. The Kier molecular flexibility index (Phi) is 6.99. The fraction of sp³-hybridized carbons (Fsp3) is 0.318. The van der Waals surface area contributed by atoms with Crippen molar-refractivity contribution in [3.8, 4) is 17.2 Å². The van der Waals surface area contributed by atoms with E-state index >= 15 is 0 Å². The molecule has 0 atom stereocenters. The SMILES string of the molecule is COc1ccc(-c2nnc(SCC(=O)Nc3cccc(Cl)c3N3CCCCC3)o2)cc1. The maximum absolute atomic E-state index is 12.6. The van der Waals surface area contributed by atoms with Crippen LogP contribution in [0.15, 0.2) is 52.1 Å². The number of ether oxygens (including phenoxy) is 1. The van der Waals surface area contributed by atoms with Gasteiger partial charge >= 0.3 is 0 Å². The number of para-hydroxylation sites is 1. The molecular weight excluding hydrogens is 436 g/mol. The molecule has 162 valence electrons. The summed E-state index contributed by atoms with van der Waals surface area (Å²) in [7, 11) is 1.61. The van der Waals surface area contributed by atoms with Gasteiger partial charge in [0.05, 0.1) is 29.3 Å². The van der Waals surface area contributed by atoms with E-state index in [-0.39, 0.29) is 11.7 Å². The van der Waals surface area contributed by atoms with E-state index in [9.17, 15) is 4.79 Å². The van der Waals surface area contributed by atoms with Gasteiger partial charge in [-0.3, -0.25) is 4.79 Å². The largest absolute Gasteiger partial charge is 0.497 e. The van der Waals surface area contributed by atoms with Crippen LogP contribution in [0.4, 0.5) is 11.4 Å². The number of aromatic nitrogens is 2. The van der Waals surface area contributed by atoms with Crippen molar-refractivity contribution >= 4 is 40.6 Å². The van der Waals surface area contributed by atoms with E-state index in [1.165, 1.54) is 18.2 Å². The van der Waals surface area contributed by atoms with Crippen molar-refractivity contribution in [3.63, 3.8) is 0 Å². The Balaban J connectivity index is 1.38. The zero-order valence-corrected chi connectivity index (χ0v) is 18.7. The first-order chi connectivity index (χ1) is 15.1. The predicted octanol–water partition coefficient (Wildman–Crippen LogP) is 5.12. The van der Waals surface area contributed by atoms with Gasteiger partial charge < -0.3 is 19.4 Å². The van der Waals surface area contributed by atoms with Crippen LogP contribution in [0.1, 0.15) is 19.3 Å². The standard InChI is InChI=1S/C22H23ClN4O3S/c1-29-16-10-8-15(9-11-16)21-25-26-22(30-21)31-14-19(28)24-18-7-5-6-17(23)20(18)27-12-3-2-4-13-27/h5-11H,2-4,12-14H2,1H3,(H,24,28). The number of halogens is 1. The van der Waals surface area contributed by atoms with E-state index in [2.05, 4.69) is 20.4 Å². The molecule has 0 spiro atoms. The van der Waals surface area contributed by atoms with Crippen LogP contribution in [0, 0.1) is 0 Å². The molecule has 0 unspecified atom stereocenters. The number of nitrogens with one attached hydrogen (secondary N) is 1. The summed E-state index contributed by atoms with van der Waals surface area (Å²) in [4.78, 5) is 14.8. The lowest BCUT2D eigenvalue weighted by Gasteiger charge is -2.31.